The van der Waals surface area contributed by atoms with Gasteiger partial charge in [0, 0.05) is 0 Å². The van der Waals surface area contributed by atoms with E-state index < -0.39 is 7.80 Å². The van der Waals surface area contributed by atoms with Crippen LogP contribution in [0.4, 0.5) is 0 Å². The molecule has 0 saturated heterocycles. The maximum atomic E-state index is 13.1. The van der Waals surface area contributed by atoms with Gasteiger partial charge >= 0.3 is 7.80 Å². The SMILES string of the molecule is O=[P+](C1CCCCCCCC1)C1CCCCCCCC1. The van der Waals surface area contributed by atoms with Crippen molar-refractivity contribution in [1.82, 2.24) is 0 Å². The highest BCUT2D eigenvalue weighted by atomic mass is 31.1. The van der Waals surface area contributed by atoms with E-state index in [-0.39, 0.29) is 0 Å². The standard InChI is InChI=1S/C18H34OP/c19-20(17-13-9-5-1-2-6-10-14-17)18-15-11-7-3-4-8-12-16-18/h17-18H,1-16H2/q+1. The Hall–Kier alpha value is 0.100. The Kier molecular flexibility index (Phi) is 8.18. The van der Waals surface area contributed by atoms with Crippen LogP contribution in [0.25, 0.3) is 0 Å². The van der Waals surface area contributed by atoms with E-state index in [4.69, 9.17) is 0 Å². The first-order valence-corrected chi connectivity index (χ1v) is 10.7. The Balaban J connectivity index is 1.87. The number of hydrogen-bond acceptors (Lipinski definition) is 1. The summed E-state index contributed by atoms with van der Waals surface area (Å²) in [6, 6.07) is 0. The van der Waals surface area contributed by atoms with Crippen LogP contribution in [0.1, 0.15) is 103 Å². The molecule has 0 bridgehead atoms. The lowest BCUT2D eigenvalue weighted by Crippen LogP contribution is -2.12. The first-order chi connectivity index (χ1) is 9.88. The van der Waals surface area contributed by atoms with E-state index in [9.17, 15) is 4.57 Å². The first kappa shape index (κ1) is 16.5. The van der Waals surface area contributed by atoms with Crippen molar-refractivity contribution in [1.29, 1.82) is 0 Å². The molecular weight excluding hydrogens is 263 g/mol. The van der Waals surface area contributed by atoms with Crippen molar-refractivity contribution in [2.24, 2.45) is 0 Å². The lowest BCUT2D eigenvalue weighted by atomic mass is 10.1. The summed E-state index contributed by atoms with van der Waals surface area (Å²) in [4.78, 5) is 0. The Morgan fingerprint density at radius 3 is 1.00 bits per heavy atom. The third-order valence-corrected chi connectivity index (χ3v) is 7.84. The molecule has 0 unspecified atom stereocenters. The van der Waals surface area contributed by atoms with Gasteiger partial charge in [-0.3, -0.25) is 0 Å². The second kappa shape index (κ2) is 9.93. The van der Waals surface area contributed by atoms with Gasteiger partial charge < -0.3 is 0 Å². The molecule has 2 saturated carbocycles. The smallest absolute Gasteiger partial charge is 0.0742 e. The largest absolute Gasteiger partial charge is 0.344 e. The molecule has 2 fully saturated rings. The zero-order valence-corrected chi connectivity index (χ0v) is 14.2. The summed E-state index contributed by atoms with van der Waals surface area (Å²) in [5.74, 6) is 0. The van der Waals surface area contributed by atoms with E-state index in [1.165, 1.54) is 103 Å². The molecule has 116 valence electrons. The van der Waals surface area contributed by atoms with E-state index in [0.717, 1.165) is 0 Å². The minimum atomic E-state index is -0.948. The minimum absolute atomic E-state index is 0.564. The molecule has 2 aliphatic rings. The summed E-state index contributed by atoms with van der Waals surface area (Å²) in [6.45, 7) is 0. The molecule has 2 aliphatic carbocycles. The summed E-state index contributed by atoms with van der Waals surface area (Å²) in [7, 11) is -0.948. The van der Waals surface area contributed by atoms with Gasteiger partial charge in [-0.1, -0.05) is 55.9 Å². The van der Waals surface area contributed by atoms with Crippen molar-refractivity contribution in [2.75, 3.05) is 0 Å². The summed E-state index contributed by atoms with van der Waals surface area (Å²) < 4.78 is 13.1. The van der Waals surface area contributed by atoms with Gasteiger partial charge in [0.1, 0.15) is 0 Å². The van der Waals surface area contributed by atoms with Crippen LogP contribution < -0.4 is 0 Å². The molecule has 0 heterocycles. The van der Waals surface area contributed by atoms with E-state index in [1.54, 1.807) is 0 Å². The van der Waals surface area contributed by atoms with Crippen molar-refractivity contribution < 1.29 is 4.57 Å². The van der Waals surface area contributed by atoms with Crippen LogP contribution in [0, 0.1) is 0 Å². The Morgan fingerprint density at radius 1 is 0.450 bits per heavy atom. The predicted molar refractivity (Wildman–Crippen MR) is 89.1 cm³/mol. The van der Waals surface area contributed by atoms with E-state index >= 15 is 0 Å². The molecule has 0 aliphatic heterocycles. The fraction of sp³-hybridized carbons (Fsp3) is 1.00. The molecule has 0 aromatic rings. The number of rotatable bonds is 2. The average molecular weight is 297 g/mol. The molecule has 0 aromatic carbocycles. The Bertz CT molecular complexity index is 231. The monoisotopic (exact) mass is 297 g/mol. The maximum Gasteiger partial charge on any atom is 0.344 e. The first-order valence-electron chi connectivity index (χ1n) is 9.33. The molecule has 0 atom stereocenters. The molecule has 20 heavy (non-hydrogen) atoms. The van der Waals surface area contributed by atoms with Gasteiger partial charge in [-0.05, 0) is 51.4 Å². The summed E-state index contributed by atoms with van der Waals surface area (Å²) in [5, 5.41) is 0. The zero-order chi connectivity index (χ0) is 14.0. The van der Waals surface area contributed by atoms with Crippen LogP contribution in [0.15, 0.2) is 0 Å². The lowest BCUT2D eigenvalue weighted by Gasteiger charge is -2.12. The molecule has 1 nitrogen and oxygen atoms in total. The van der Waals surface area contributed by atoms with Crippen molar-refractivity contribution in [2.45, 2.75) is 114 Å². The van der Waals surface area contributed by atoms with Crippen LogP contribution in [0.2, 0.25) is 0 Å². The lowest BCUT2D eigenvalue weighted by molar-refractivity contribution is 0.525. The van der Waals surface area contributed by atoms with Gasteiger partial charge in [-0.15, -0.1) is 0 Å². The third-order valence-electron chi connectivity index (χ3n) is 5.37. The van der Waals surface area contributed by atoms with Gasteiger partial charge in [-0.25, -0.2) is 0 Å². The van der Waals surface area contributed by atoms with Gasteiger partial charge in [0.15, 0.2) is 11.3 Å². The maximum absolute atomic E-state index is 13.1. The second-order valence-electron chi connectivity index (χ2n) is 7.06. The quantitative estimate of drug-likeness (QED) is 0.511. The molecule has 2 rings (SSSR count). The van der Waals surface area contributed by atoms with Crippen molar-refractivity contribution in [3.05, 3.63) is 0 Å². The van der Waals surface area contributed by atoms with Gasteiger partial charge in [0.05, 0.1) is 0 Å². The van der Waals surface area contributed by atoms with Crippen molar-refractivity contribution >= 4 is 7.80 Å². The van der Waals surface area contributed by atoms with Crippen LogP contribution >= 0.6 is 7.80 Å². The van der Waals surface area contributed by atoms with Gasteiger partial charge in [-0.2, -0.15) is 0 Å². The third kappa shape index (κ3) is 5.84. The highest BCUT2D eigenvalue weighted by Crippen LogP contribution is 2.45. The second-order valence-corrected chi connectivity index (χ2v) is 9.25. The van der Waals surface area contributed by atoms with Crippen LogP contribution in [0.3, 0.4) is 0 Å². The fourth-order valence-corrected chi connectivity index (χ4v) is 6.37. The molecule has 0 amide bonds. The Morgan fingerprint density at radius 2 is 0.700 bits per heavy atom. The predicted octanol–water partition coefficient (Wildman–Crippen LogP) is 6.82. The minimum Gasteiger partial charge on any atom is -0.0742 e. The summed E-state index contributed by atoms with van der Waals surface area (Å²) in [6.07, 6.45) is 21.5. The topological polar surface area (TPSA) is 17.1 Å². The highest BCUT2D eigenvalue weighted by molar-refractivity contribution is 7.46. The van der Waals surface area contributed by atoms with E-state index in [2.05, 4.69) is 0 Å². The van der Waals surface area contributed by atoms with Crippen LogP contribution in [-0.4, -0.2) is 11.3 Å². The van der Waals surface area contributed by atoms with E-state index in [0.29, 0.717) is 11.3 Å². The fourth-order valence-electron chi connectivity index (χ4n) is 4.03. The van der Waals surface area contributed by atoms with E-state index in [1.807, 2.05) is 0 Å². The zero-order valence-electron chi connectivity index (χ0n) is 13.3. The summed E-state index contributed by atoms with van der Waals surface area (Å²) >= 11 is 0. The Labute approximate surface area is 127 Å². The molecule has 0 aromatic heterocycles. The summed E-state index contributed by atoms with van der Waals surface area (Å²) in [5.41, 5.74) is 1.13. The molecule has 0 N–H and O–H groups in total. The van der Waals surface area contributed by atoms with Crippen LogP contribution in [0.5, 0.6) is 0 Å². The normalized spacial score (nSPS) is 25.6. The molecule has 0 radical (unpaired) electrons. The van der Waals surface area contributed by atoms with Crippen LogP contribution in [-0.2, 0) is 4.57 Å². The van der Waals surface area contributed by atoms with Crippen molar-refractivity contribution in [3.8, 4) is 0 Å². The molecule has 0 spiro atoms. The van der Waals surface area contributed by atoms with Crippen molar-refractivity contribution in [3.63, 3.8) is 0 Å². The average Bonchev–Trinajstić information content (AvgIpc) is 2.69. The van der Waals surface area contributed by atoms with Gasteiger partial charge in [0.2, 0.25) is 0 Å². The molecular formula is C18H34OP+. The van der Waals surface area contributed by atoms with Gasteiger partial charge in [0.25, 0.3) is 0 Å². The molecule has 2 heteroatoms. The highest BCUT2D eigenvalue weighted by Gasteiger charge is 2.37. The number of hydrogen-bond donors (Lipinski definition) is 0.